The maximum Gasteiger partial charge on any atom is 0.220 e. The van der Waals surface area contributed by atoms with Gasteiger partial charge in [0.25, 0.3) is 0 Å². The lowest BCUT2D eigenvalue weighted by atomic mass is 10.1. The van der Waals surface area contributed by atoms with E-state index in [0.717, 1.165) is 16.5 Å². The normalized spacial score (nSPS) is 11.3. The highest BCUT2D eigenvalue weighted by atomic mass is 16.5. The van der Waals surface area contributed by atoms with Gasteiger partial charge in [0.1, 0.15) is 11.4 Å². The van der Waals surface area contributed by atoms with Gasteiger partial charge in [0.2, 0.25) is 5.82 Å². The average molecular weight is 343 g/mol. The Kier molecular flexibility index (Phi) is 3.18. The summed E-state index contributed by atoms with van der Waals surface area (Å²) in [6, 6.07) is 15.1. The van der Waals surface area contributed by atoms with Gasteiger partial charge in [-0.15, -0.1) is 10.2 Å². The van der Waals surface area contributed by atoms with Crippen molar-refractivity contribution in [2.75, 3.05) is 7.11 Å². The molecular weight excluding hydrogens is 330 g/mol. The largest absolute Gasteiger partial charge is 0.496 e. The summed E-state index contributed by atoms with van der Waals surface area (Å²) in [7, 11) is 1.64. The van der Waals surface area contributed by atoms with Crippen molar-refractivity contribution in [2.45, 2.75) is 0 Å². The van der Waals surface area contributed by atoms with Gasteiger partial charge in [-0.25, -0.2) is 0 Å². The molecule has 0 aliphatic heterocycles. The van der Waals surface area contributed by atoms with Gasteiger partial charge in [-0.2, -0.15) is 9.61 Å². The van der Waals surface area contributed by atoms with Crippen molar-refractivity contribution in [1.82, 2.24) is 24.8 Å². The van der Waals surface area contributed by atoms with Crippen LogP contribution in [0, 0.1) is 0 Å². The lowest BCUT2D eigenvalue weighted by Gasteiger charge is -2.11. The molecule has 5 aromatic rings. The Morgan fingerprint density at radius 2 is 1.96 bits per heavy atom. The summed E-state index contributed by atoms with van der Waals surface area (Å²) >= 11 is 0. The fraction of sp³-hybridized carbons (Fsp3) is 0.0526. The molecule has 0 aliphatic rings. The number of hydrogen-bond acceptors (Lipinski definition) is 6. The van der Waals surface area contributed by atoms with Gasteiger partial charge in [-0.05, 0) is 30.3 Å². The Balaban J connectivity index is 1.95. The first-order chi connectivity index (χ1) is 12.9. The molecule has 1 aromatic carbocycles. The molecule has 0 N–H and O–H groups in total. The van der Waals surface area contributed by atoms with E-state index in [2.05, 4.69) is 15.2 Å². The second-order valence-corrected chi connectivity index (χ2v) is 5.68. The van der Waals surface area contributed by atoms with E-state index < -0.39 is 0 Å². The summed E-state index contributed by atoms with van der Waals surface area (Å²) in [5.41, 5.74) is 2.06. The maximum absolute atomic E-state index is 5.57. The van der Waals surface area contributed by atoms with Crippen molar-refractivity contribution in [1.29, 1.82) is 0 Å². The highest BCUT2D eigenvalue weighted by molar-refractivity contribution is 6.05. The van der Waals surface area contributed by atoms with Crippen LogP contribution in [-0.2, 0) is 0 Å². The first kappa shape index (κ1) is 14.6. The third-order valence-corrected chi connectivity index (χ3v) is 4.21. The summed E-state index contributed by atoms with van der Waals surface area (Å²) in [4.78, 5) is 4.46. The molecule has 26 heavy (non-hydrogen) atoms. The molecule has 4 aromatic heterocycles. The number of hydrogen-bond donors (Lipinski definition) is 0. The third-order valence-electron chi connectivity index (χ3n) is 4.21. The molecule has 0 bridgehead atoms. The zero-order valence-electron chi connectivity index (χ0n) is 13.8. The minimum atomic E-state index is 0.534. The lowest BCUT2D eigenvalue weighted by Crippen LogP contribution is -2.01. The predicted octanol–water partition coefficient (Wildman–Crippen LogP) is 3.61. The van der Waals surface area contributed by atoms with Crippen LogP contribution in [0.15, 0.2) is 65.4 Å². The standard InChI is InChI=1S/C19H13N5O2/c1-25-14-8-4-6-12-16(14)17(13-7-2-3-10-20-13)23-24-18(12)21-22-19(24)15-9-5-11-26-15/h2-11H,1H3. The van der Waals surface area contributed by atoms with Crippen LogP contribution in [0.25, 0.3) is 39.4 Å². The van der Waals surface area contributed by atoms with E-state index in [1.165, 1.54) is 0 Å². The van der Waals surface area contributed by atoms with Gasteiger partial charge in [0.05, 0.1) is 24.5 Å². The highest BCUT2D eigenvalue weighted by Crippen LogP contribution is 2.35. The fourth-order valence-corrected chi connectivity index (χ4v) is 3.07. The van der Waals surface area contributed by atoms with Gasteiger partial charge in [0, 0.05) is 11.6 Å². The number of fused-ring (bicyclic) bond motifs is 3. The van der Waals surface area contributed by atoms with Crippen LogP contribution < -0.4 is 4.74 Å². The van der Waals surface area contributed by atoms with Gasteiger partial charge < -0.3 is 9.15 Å². The number of benzene rings is 1. The summed E-state index contributed by atoms with van der Waals surface area (Å²) in [6.45, 7) is 0. The Bertz CT molecular complexity index is 1210. The molecule has 0 aliphatic carbocycles. The van der Waals surface area contributed by atoms with Crippen molar-refractivity contribution in [2.24, 2.45) is 0 Å². The second-order valence-electron chi connectivity index (χ2n) is 5.68. The zero-order valence-corrected chi connectivity index (χ0v) is 13.8. The Hall–Kier alpha value is -3.74. The summed E-state index contributed by atoms with van der Waals surface area (Å²) in [6.07, 6.45) is 3.34. The number of ether oxygens (including phenoxy) is 1. The molecule has 0 saturated carbocycles. The molecule has 0 amide bonds. The summed E-state index contributed by atoms with van der Waals surface area (Å²) in [5.74, 6) is 1.84. The Labute approximate surface area is 147 Å². The van der Waals surface area contributed by atoms with Crippen molar-refractivity contribution in [3.05, 3.63) is 61.0 Å². The number of methoxy groups -OCH3 is 1. The predicted molar refractivity (Wildman–Crippen MR) is 95.8 cm³/mol. The molecule has 0 saturated heterocycles. The molecule has 4 heterocycles. The molecule has 0 fully saturated rings. The van der Waals surface area contributed by atoms with E-state index in [1.54, 1.807) is 30.2 Å². The van der Waals surface area contributed by atoms with E-state index in [9.17, 15) is 0 Å². The number of aromatic nitrogens is 5. The topological polar surface area (TPSA) is 78.3 Å². The van der Waals surface area contributed by atoms with Crippen molar-refractivity contribution < 1.29 is 9.15 Å². The van der Waals surface area contributed by atoms with Crippen LogP contribution in [0.5, 0.6) is 5.75 Å². The fourth-order valence-electron chi connectivity index (χ4n) is 3.07. The Morgan fingerprint density at radius 3 is 2.73 bits per heavy atom. The zero-order chi connectivity index (χ0) is 17.5. The molecule has 5 rings (SSSR count). The van der Waals surface area contributed by atoms with Crippen molar-refractivity contribution in [3.8, 4) is 28.7 Å². The molecular formula is C19H13N5O2. The van der Waals surface area contributed by atoms with E-state index in [0.29, 0.717) is 28.7 Å². The smallest absolute Gasteiger partial charge is 0.220 e. The lowest BCUT2D eigenvalue weighted by molar-refractivity contribution is 0.420. The molecule has 0 atom stereocenters. The van der Waals surface area contributed by atoms with Crippen LogP contribution in [0.3, 0.4) is 0 Å². The highest BCUT2D eigenvalue weighted by Gasteiger charge is 2.20. The monoisotopic (exact) mass is 343 g/mol. The summed E-state index contributed by atoms with van der Waals surface area (Å²) in [5, 5.41) is 15.1. The minimum Gasteiger partial charge on any atom is -0.496 e. The molecule has 7 heteroatoms. The number of furan rings is 1. The average Bonchev–Trinajstić information content (AvgIpc) is 3.37. The SMILES string of the molecule is COc1cccc2c1c(-c1ccccn1)nn1c(-c3ccco3)nnc21. The second kappa shape index (κ2) is 5.66. The maximum atomic E-state index is 5.57. The molecule has 0 spiro atoms. The van der Waals surface area contributed by atoms with Crippen molar-refractivity contribution in [3.63, 3.8) is 0 Å². The van der Waals surface area contributed by atoms with E-state index in [-0.39, 0.29) is 0 Å². The molecule has 0 unspecified atom stereocenters. The Morgan fingerprint density at radius 1 is 1.00 bits per heavy atom. The molecule has 7 nitrogen and oxygen atoms in total. The third kappa shape index (κ3) is 2.07. The van der Waals surface area contributed by atoms with E-state index in [4.69, 9.17) is 14.3 Å². The minimum absolute atomic E-state index is 0.534. The van der Waals surface area contributed by atoms with Crippen LogP contribution in [0.4, 0.5) is 0 Å². The molecule has 126 valence electrons. The number of rotatable bonds is 3. The summed E-state index contributed by atoms with van der Waals surface area (Å²) < 4.78 is 12.7. The quantitative estimate of drug-likeness (QED) is 0.498. The van der Waals surface area contributed by atoms with Gasteiger partial charge >= 0.3 is 0 Å². The van der Waals surface area contributed by atoms with Crippen molar-refractivity contribution >= 4 is 16.4 Å². The number of pyridine rings is 1. The molecule has 0 radical (unpaired) electrons. The first-order valence-electron chi connectivity index (χ1n) is 8.04. The van der Waals surface area contributed by atoms with Gasteiger partial charge in [0.15, 0.2) is 11.4 Å². The van der Waals surface area contributed by atoms with Gasteiger partial charge in [-0.3, -0.25) is 4.98 Å². The first-order valence-corrected chi connectivity index (χ1v) is 8.04. The van der Waals surface area contributed by atoms with E-state index >= 15 is 0 Å². The van der Waals surface area contributed by atoms with Crippen LogP contribution in [0.1, 0.15) is 0 Å². The number of nitrogens with zero attached hydrogens (tertiary/aromatic N) is 5. The van der Waals surface area contributed by atoms with Crippen LogP contribution in [-0.4, -0.2) is 31.9 Å². The van der Waals surface area contributed by atoms with Crippen LogP contribution >= 0.6 is 0 Å². The van der Waals surface area contributed by atoms with Gasteiger partial charge in [-0.1, -0.05) is 18.2 Å². The van der Waals surface area contributed by atoms with Crippen LogP contribution in [0.2, 0.25) is 0 Å². The van der Waals surface area contributed by atoms with E-state index in [1.807, 2.05) is 42.5 Å².